The summed E-state index contributed by atoms with van der Waals surface area (Å²) in [6, 6.07) is 19.4. The van der Waals surface area contributed by atoms with Gasteiger partial charge in [-0.25, -0.2) is 0 Å². The van der Waals surface area contributed by atoms with Gasteiger partial charge in [0, 0.05) is 25.2 Å². The van der Waals surface area contributed by atoms with Crippen LogP contribution in [0.1, 0.15) is 30.1 Å². The molecule has 0 aliphatic carbocycles. The van der Waals surface area contributed by atoms with Gasteiger partial charge < -0.3 is 10.2 Å². The minimum absolute atomic E-state index is 0.0372. The SMILES string of the molecule is O=C(NC(c1ccccc1)c1ccccn1)C1CCN(c2ccc3nncn3n2)CC1. The molecule has 1 saturated heterocycles. The van der Waals surface area contributed by atoms with Gasteiger partial charge in [0.05, 0.1) is 11.7 Å². The number of anilines is 1. The van der Waals surface area contributed by atoms with Gasteiger partial charge >= 0.3 is 0 Å². The fourth-order valence-electron chi connectivity index (χ4n) is 4.04. The second kappa shape index (κ2) is 8.51. The number of pyridine rings is 1. The summed E-state index contributed by atoms with van der Waals surface area (Å²) in [5.74, 6) is 0.910. The molecule has 1 N–H and O–H groups in total. The number of nitrogens with zero attached hydrogens (tertiary/aromatic N) is 6. The second-order valence-corrected chi connectivity index (χ2v) is 7.69. The number of amides is 1. The topological polar surface area (TPSA) is 88.3 Å². The molecule has 1 fully saturated rings. The lowest BCUT2D eigenvalue weighted by Gasteiger charge is -2.32. The number of piperidine rings is 1. The predicted molar refractivity (Wildman–Crippen MR) is 116 cm³/mol. The highest BCUT2D eigenvalue weighted by molar-refractivity contribution is 5.80. The third-order valence-electron chi connectivity index (χ3n) is 5.74. The highest BCUT2D eigenvalue weighted by Crippen LogP contribution is 2.25. The van der Waals surface area contributed by atoms with Gasteiger partial charge in [0.2, 0.25) is 5.91 Å². The van der Waals surface area contributed by atoms with Crippen LogP contribution in [0.25, 0.3) is 5.65 Å². The van der Waals surface area contributed by atoms with Crippen LogP contribution in [0, 0.1) is 5.92 Å². The minimum atomic E-state index is -0.259. The number of carbonyl (C=O) groups is 1. The van der Waals surface area contributed by atoms with E-state index in [-0.39, 0.29) is 17.9 Å². The lowest BCUT2D eigenvalue weighted by Crippen LogP contribution is -2.42. The maximum Gasteiger partial charge on any atom is 0.224 e. The molecule has 3 aromatic heterocycles. The summed E-state index contributed by atoms with van der Waals surface area (Å²) >= 11 is 0. The number of fused-ring (bicyclic) bond motifs is 1. The van der Waals surface area contributed by atoms with Crippen LogP contribution in [0.5, 0.6) is 0 Å². The normalized spacial score (nSPS) is 15.7. The zero-order valence-electron chi connectivity index (χ0n) is 17.0. The molecule has 1 aliphatic heterocycles. The maximum atomic E-state index is 13.1. The van der Waals surface area contributed by atoms with Crippen molar-refractivity contribution >= 4 is 17.4 Å². The lowest BCUT2D eigenvalue weighted by atomic mass is 9.94. The second-order valence-electron chi connectivity index (χ2n) is 7.69. The Morgan fingerprint density at radius 3 is 2.58 bits per heavy atom. The Kier molecular flexibility index (Phi) is 5.26. The summed E-state index contributed by atoms with van der Waals surface area (Å²) in [6.07, 6.45) is 4.91. The van der Waals surface area contributed by atoms with Gasteiger partial charge in [-0.1, -0.05) is 36.4 Å². The van der Waals surface area contributed by atoms with Gasteiger partial charge in [0.15, 0.2) is 5.65 Å². The van der Waals surface area contributed by atoms with E-state index in [9.17, 15) is 4.79 Å². The lowest BCUT2D eigenvalue weighted by molar-refractivity contribution is -0.126. The van der Waals surface area contributed by atoms with Crippen LogP contribution in [-0.2, 0) is 4.79 Å². The summed E-state index contributed by atoms with van der Waals surface area (Å²) in [4.78, 5) is 19.8. The van der Waals surface area contributed by atoms with E-state index in [4.69, 9.17) is 0 Å². The van der Waals surface area contributed by atoms with Crippen molar-refractivity contribution in [1.29, 1.82) is 0 Å². The van der Waals surface area contributed by atoms with Crippen molar-refractivity contribution in [3.63, 3.8) is 0 Å². The fraction of sp³-hybridized carbons (Fsp3) is 0.261. The molecule has 4 heterocycles. The number of benzene rings is 1. The number of hydrogen-bond acceptors (Lipinski definition) is 6. The van der Waals surface area contributed by atoms with Gasteiger partial charge in [-0.15, -0.1) is 15.3 Å². The standard InChI is InChI=1S/C23H23N7O/c31-23(26-22(17-6-2-1-3-7-17)19-8-4-5-13-24-19)18-11-14-29(15-12-18)21-10-9-20-27-25-16-30(20)28-21/h1-10,13,16,18,22H,11-12,14-15H2,(H,26,31). The summed E-state index contributed by atoms with van der Waals surface area (Å²) < 4.78 is 1.67. The highest BCUT2D eigenvalue weighted by atomic mass is 16.2. The molecule has 1 aliphatic rings. The van der Waals surface area contributed by atoms with E-state index in [1.54, 1.807) is 17.0 Å². The van der Waals surface area contributed by atoms with E-state index >= 15 is 0 Å². The number of aromatic nitrogens is 5. The van der Waals surface area contributed by atoms with E-state index in [1.807, 2.05) is 60.7 Å². The smallest absolute Gasteiger partial charge is 0.224 e. The molecule has 8 nitrogen and oxygen atoms in total. The van der Waals surface area contributed by atoms with E-state index < -0.39 is 0 Å². The summed E-state index contributed by atoms with van der Waals surface area (Å²) in [5.41, 5.74) is 2.59. The van der Waals surface area contributed by atoms with Crippen molar-refractivity contribution in [2.45, 2.75) is 18.9 Å². The monoisotopic (exact) mass is 413 g/mol. The molecule has 1 amide bonds. The Labute approximate surface area is 179 Å². The first-order valence-corrected chi connectivity index (χ1v) is 10.5. The summed E-state index contributed by atoms with van der Waals surface area (Å²) in [7, 11) is 0. The molecule has 0 radical (unpaired) electrons. The molecule has 1 unspecified atom stereocenters. The Hall–Kier alpha value is -3.81. The quantitative estimate of drug-likeness (QED) is 0.541. The van der Waals surface area contributed by atoms with Gasteiger partial charge in [0.1, 0.15) is 12.1 Å². The predicted octanol–water partition coefficient (Wildman–Crippen LogP) is 2.64. The maximum absolute atomic E-state index is 13.1. The van der Waals surface area contributed by atoms with Crippen LogP contribution in [0.2, 0.25) is 0 Å². The molecular weight excluding hydrogens is 390 g/mol. The summed E-state index contributed by atoms with van der Waals surface area (Å²) in [6.45, 7) is 1.55. The Balaban J connectivity index is 1.27. The van der Waals surface area contributed by atoms with Gasteiger partial charge in [-0.2, -0.15) is 4.52 Å². The number of nitrogens with one attached hydrogen (secondary N) is 1. The molecule has 0 bridgehead atoms. The van der Waals surface area contributed by atoms with Crippen molar-refractivity contribution in [2.24, 2.45) is 5.92 Å². The largest absolute Gasteiger partial charge is 0.355 e. The average Bonchev–Trinajstić information content (AvgIpc) is 3.32. The van der Waals surface area contributed by atoms with E-state index in [0.29, 0.717) is 0 Å². The zero-order chi connectivity index (χ0) is 21.0. The molecule has 4 aromatic rings. The first-order valence-electron chi connectivity index (χ1n) is 10.5. The van der Waals surface area contributed by atoms with E-state index in [1.165, 1.54) is 0 Å². The molecule has 0 saturated carbocycles. The molecule has 31 heavy (non-hydrogen) atoms. The highest BCUT2D eigenvalue weighted by Gasteiger charge is 2.28. The number of hydrogen-bond donors (Lipinski definition) is 1. The number of rotatable bonds is 5. The van der Waals surface area contributed by atoms with Crippen LogP contribution < -0.4 is 10.2 Å². The molecule has 1 atom stereocenters. The van der Waals surface area contributed by atoms with Crippen molar-refractivity contribution in [1.82, 2.24) is 30.1 Å². The van der Waals surface area contributed by atoms with Crippen molar-refractivity contribution in [3.8, 4) is 0 Å². The minimum Gasteiger partial charge on any atom is -0.355 e. The molecular formula is C23H23N7O. The number of carbonyl (C=O) groups excluding carboxylic acids is 1. The average molecular weight is 413 g/mol. The summed E-state index contributed by atoms with van der Waals surface area (Å²) in [5, 5.41) is 15.7. The third-order valence-corrected chi connectivity index (χ3v) is 5.74. The molecule has 0 spiro atoms. The van der Waals surface area contributed by atoms with Gasteiger partial charge in [-0.3, -0.25) is 9.78 Å². The molecule has 1 aromatic carbocycles. The van der Waals surface area contributed by atoms with Crippen LogP contribution >= 0.6 is 0 Å². The third kappa shape index (κ3) is 4.09. The Bertz CT molecular complexity index is 1110. The molecule has 8 heteroatoms. The van der Waals surface area contributed by atoms with Crippen molar-refractivity contribution in [2.75, 3.05) is 18.0 Å². The Morgan fingerprint density at radius 1 is 1.00 bits per heavy atom. The van der Waals surface area contributed by atoms with E-state index in [2.05, 4.69) is 30.5 Å². The molecule has 5 rings (SSSR count). The zero-order valence-corrected chi connectivity index (χ0v) is 17.0. The first kappa shape index (κ1) is 19.2. The fourth-order valence-corrected chi connectivity index (χ4v) is 4.04. The van der Waals surface area contributed by atoms with Crippen LogP contribution in [0.15, 0.2) is 73.2 Å². The van der Waals surface area contributed by atoms with Crippen molar-refractivity contribution in [3.05, 3.63) is 84.4 Å². The van der Waals surface area contributed by atoms with Crippen molar-refractivity contribution < 1.29 is 4.79 Å². The van der Waals surface area contributed by atoms with Gasteiger partial charge in [-0.05, 0) is 42.7 Å². The van der Waals surface area contributed by atoms with Crippen LogP contribution in [0.4, 0.5) is 5.82 Å². The van der Waals surface area contributed by atoms with Crippen LogP contribution in [0.3, 0.4) is 0 Å². The van der Waals surface area contributed by atoms with Crippen LogP contribution in [-0.4, -0.2) is 43.8 Å². The molecule has 156 valence electrons. The van der Waals surface area contributed by atoms with E-state index in [0.717, 1.165) is 48.7 Å². The van der Waals surface area contributed by atoms with Gasteiger partial charge in [0.25, 0.3) is 0 Å². The first-order chi connectivity index (χ1) is 15.3. The Morgan fingerprint density at radius 2 is 1.81 bits per heavy atom.